The van der Waals surface area contributed by atoms with E-state index in [0.29, 0.717) is 5.75 Å². The highest BCUT2D eigenvalue weighted by molar-refractivity contribution is 7.90. The summed E-state index contributed by atoms with van der Waals surface area (Å²) in [5, 5.41) is 0. The van der Waals surface area contributed by atoms with Gasteiger partial charge in [-0.05, 0) is 31.2 Å². The molecule has 1 aromatic rings. The molecule has 0 spiro atoms. The van der Waals surface area contributed by atoms with Crippen LogP contribution in [0.4, 0.5) is 0 Å². The van der Waals surface area contributed by atoms with Crippen molar-refractivity contribution in [2.75, 3.05) is 7.11 Å². The van der Waals surface area contributed by atoms with E-state index < -0.39 is 15.9 Å². The summed E-state index contributed by atoms with van der Waals surface area (Å²) in [7, 11) is -2.37. The molecule has 0 aromatic heterocycles. The lowest BCUT2D eigenvalue weighted by Gasteiger charge is -2.07. The van der Waals surface area contributed by atoms with Crippen LogP contribution in [-0.2, 0) is 14.8 Å². The molecule has 92 valence electrons. The number of benzene rings is 1. The van der Waals surface area contributed by atoms with E-state index in [9.17, 15) is 13.2 Å². The van der Waals surface area contributed by atoms with Crippen LogP contribution in [0.25, 0.3) is 0 Å². The number of carbonyl (C=O) groups is 1. The molecule has 1 amide bonds. The Morgan fingerprint density at radius 1 is 1.29 bits per heavy atom. The van der Waals surface area contributed by atoms with Gasteiger partial charge in [-0.25, -0.2) is 13.1 Å². The van der Waals surface area contributed by atoms with E-state index in [1.54, 1.807) is 0 Å². The molecule has 0 atom stereocenters. The van der Waals surface area contributed by atoms with Gasteiger partial charge in [-0.2, -0.15) is 0 Å². The number of hydrogen-bond donors (Lipinski definition) is 1. The number of hydrogen-bond acceptors (Lipinski definition) is 4. The molecule has 0 saturated heterocycles. The third kappa shape index (κ3) is 3.32. The average Bonchev–Trinajstić information content (AvgIpc) is 2.28. The molecule has 6 heteroatoms. The van der Waals surface area contributed by atoms with Crippen LogP contribution in [-0.4, -0.2) is 21.4 Å². The molecule has 1 aromatic carbocycles. The minimum atomic E-state index is -3.85. The topological polar surface area (TPSA) is 72.5 Å². The minimum Gasteiger partial charge on any atom is -0.497 e. The first kappa shape index (κ1) is 13.2. The summed E-state index contributed by atoms with van der Waals surface area (Å²) >= 11 is 0. The number of ether oxygens (including phenoxy) is 1. The van der Waals surface area contributed by atoms with Crippen molar-refractivity contribution in [1.82, 2.24) is 4.72 Å². The summed E-state index contributed by atoms with van der Waals surface area (Å²) in [5.74, 6) is -0.184. The highest BCUT2D eigenvalue weighted by atomic mass is 32.2. The highest BCUT2D eigenvalue weighted by Crippen LogP contribution is 2.15. The van der Waals surface area contributed by atoms with Gasteiger partial charge < -0.3 is 4.74 Å². The van der Waals surface area contributed by atoms with Gasteiger partial charge in [0, 0.05) is 5.57 Å². The second-order valence-electron chi connectivity index (χ2n) is 3.39. The molecule has 17 heavy (non-hydrogen) atoms. The maximum absolute atomic E-state index is 11.7. The van der Waals surface area contributed by atoms with Crippen LogP contribution in [0.3, 0.4) is 0 Å². The van der Waals surface area contributed by atoms with Gasteiger partial charge in [-0.3, -0.25) is 4.79 Å². The maximum Gasteiger partial charge on any atom is 0.264 e. The van der Waals surface area contributed by atoms with Crippen LogP contribution in [0, 0.1) is 0 Å². The molecule has 0 aliphatic rings. The molecule has 5 nitrogen and oxygen atoms in total. The van der Waals surface area contributed by atoms with Gasteiger partial charge in [0.1, 0.15) is 5.75 Å². The van der Waals surface area contributed by atoms with E-state index in [-0.39, 0.29) is 10.5 Å². The zero-order valence-corrected chi connectivity index (χ0v) is 10.4. The first-order valence-corrected chi connectivity index (χ1v) is 6.22. The van der Waals surface area contributed by atoms with Crippen LogP contribution >= 0.6 is 0 Å². The SMILES string of the molecule is C=C(C)C(=O)NS(=O)(=O)c1ccc(OC)cc1. The Hall–Kier alpha value is -1.82. The molecule has 0 aliphatic heterocycles. The van der Waals surface area contributed by atoms with Crippen LogP contribution in [0.2, 0.25) is 0 Å². The lowest BCUT2D eigenvalue weighted by Crippen LogP contribution is -2.30. The summed E-state index contributed by atoms with van der Waals surface area (Å²) in [6, 6.07) is 5.71. The Morgan fingerprint density at radius 3 is 2.24 bits per heavy atom. The van der Waals surface area contributed by atoms with Gasteiger partial charge in [-0.15, -0.1) is 0 Å². The Kier molecular flexibility index (Phi) is 3.90. The van der Waals surface area contributed by atoms with Crippen molar-refractivity contribution in [3.05, 3.63) is 36.4 Å². The Morgan fingerprint density at radius 2 is 1.82 bits per heavy atom. The van der Waals surface area contributed by atoms with E-state index in [1.807, 2.05) is 4.72 Å². The Balaban J connectivity index is 2.97. The highest BCUT2D eigenvalue weighted by Gasteiger charge is 2.17. The summed E-state index contributed by atoms with van der Waals surface area (Å²) in [6.45, 7) is 4.79. The third-order valence-corrected chi connectivity index (χ3v) is 3.33. The van der Waals surface area contributed by atoms with Crippen molar-refractivity contribution in [3.63, 3.8) is 0 Å². The van der Waals surface area contributed by atoms with Crippen molar-refractivity contribution in [3.8, 4) is 5.75 Å². The van der Waals surface area contributed by atoms with E-state index >= 15 is 0 Å². The first-order valence-electron chi connectivity index (χ1n) is 4.73. The molecule has 0 aliphatic carbocycles. The predicted octanol–water partition coefficient (Wildman–Crippen LogP) is 1.08. The molecule has 0 unspecified atom stereocenters. The largest absolute Gasteiger partial charge is 0.497 e. The van der Waals surface area contributed by atoms with Crippen LogP contribution < -0.4 is 9.46 Å². The fourth-order valence-corrected chi connectivity index (χ4v) is 2.05. The number of nitrogens with one attached hydrogen (secondary N) is 1. The van der Waals surface area contributed by atoms with Gasteiger partial charge in [0.25, 0.3) is 15.9 Å². The summed E-state index contributed by atoms with van der Waals surface area (Å²) < 4.78 is 30.3. The quantitative estimate of drug-likeness (QED) is 0.817. The van der Waals surface area contributed by atoms with Crippen molar-refractivity contribution in [1.29, 1.82) is 0 Å². The van der Waals surface area contributed by atoms with Crippen molar-refractivity contribution >= 4 is 15.9 Å². The molecular weight excluding hydrogens is 242 g/mol. The fraction of sp³-hybridized carbons (Fsp3) is 0.182. The van der Waals surface area contributed by atoms with Crippen molar-refractivity contribution in [2.45, 2.75) is 11.8 Å². The first-order chi connectivity index (χ1) is 7.86. The second kappa shape index (κ2) is 5.01. The molecule has 0 radical (unpaired) electrons. The van der Waals surface area contributed by atoms with Gasteiger partial charge in [0.05, 0.1) is 12.0 Å². The molecule has 1 N–H and O–H groups in total. The average molecular weight is 255 g/mol. The van der Waals surface area contributed by atoms with E-state index in [2.05, 4.69) is 6.58 Å². The number of methoxy groups -OCH3 is 1. The molecule has 0 bridgehead atoms. The van der Waals surface area contributed by atoms with Gasteiger partial charge in [0.15, 0.2) is 0 Å². The van der Waals surface area contributed by atoms with Crippen molar-refractivity contribution in [2.24, 2.45) is 0 Å². The van der Waals surface area contributed by atoms with Crippen LogP contribution in [0.5, 0.6) is 5.75 Å². The number of sulfonamides is 1. The normalized spacial score (nSPS) is 10.7. The monoisotopic (exact) mass is 255 g/mol. The molecular formula is C11H13NO4S. The smallest absolute Gasteiger partial charge is 0.264 e. The van der Waals surface area contributed by atoms with Crippen LogP contribution in [0.15, 0.2) is 41.3 Å². The molecule has 0 saturated carbocycles. The van der Waals surface area contributed by atoms with Crippen LogP contribution in [0.1, 0.15) is 6.92 Å². The maximum atomic E-state index is 11.7. The number of carbonyl (C=O) groups excluding carboxylic acids is 1. The minimum absolute atomic E-state index is 0.00657. The lowest BCUT2D eigenvalue weighted by atomic mass is 10.3. The van der Waals surface area contributed by atoms with Crippen molar-refractivity contribution < 1.29 is 17.9 Å². The predicted molar refractivity (Wildman–Crippen MR) is 63.1 cm³/mol. The third-order valence-electron chi connectivity index (χ3n) is 1.98. The summed E-state index contributed by atoms with van der Waals surface area (Å²) in [6.07, 6.45) is 0. The van der Waals surface area contributed by atoms with E-state index in [0.717, 1.165) is 0 Å². The standard InChI is InChI=1S/C11H13NO4S/c1-8(2)11(13)12-17(14,15)10-6-4-9(16-3)5-7-10/h4-7H,1H2,2-3H3,(H,12,13). The van der Waals surface area contributed by atoms with Gasteiger partial charge in [0.2, 0.25) is 0 Å². The zero-order chi connectivity index (χ0) is 13.1. The summed E-state index contributed by atoms with van der Waals surface area (Å²) in [4.78, 5) is 11.2. The molecule has 0 heterocycles. The number of rotatable bonds is 4. The second-order valence-corrected chi connectivity index (χ2v) is 5.07. The Bertz CT molecular complexity index is 531. The lowest BCUT2D eigenvalue weighted by molar-refractivity contribution is -0.115. The van der Waals surface area contributed by atoms with E-state index in [4.69, 9.17) is 4.74 Å². The van der Waals surface area contributed by atoms with Gasteiger partial charge >= 0.3 is 0 Å². The van der Waals surface area contributed by atoms with E-state index in [1.165, 1.54) is 38.3 Å². The summed E-state index contributed by atoms with van der Waals surface area (Å²) in [5.41, 5.74) is 0.127. The zero-order valence-electron chi connectivity index (χ0n) is 9.56. The number of amides is 1. The fourth-order valence-electron chi connectivity index (χ4n) is 1.02. The Labute approximate surface area is 100 Å². The van der Waals surface area contributed by atoms with Gasteiger partial charge in [-0.1, -0.05) is 6.58 Å². The molecule has 1 rings (SSSR count). The molecule has 0 fully saturated rings.